The van der Waals surface area contributed by atoms with Gasteiger partial charge in [0.1, 0.15) is 11.2 Å². The van der Waals surface area contributed by atoms with Crippen molar-refractivity contribution in [2.45, 2.75) is 69.6 Å². The van der Waals surface area contributed by atoms with Crippen LogP contribution in [0.2, 0.25) is 0 Å². The summed E-state index contributed by atoms with van der Waals surface area (Å²) in [6.07, 6.45) is 5.85. The molecule has 0 aromatic carbocycles. The minimum absolute atomic E-state index is 0.146. The van der Waals surface area contributed by atoms with Crippen molar-refractivity contribution in [3.63, 3.8) is 0 Å². The molecule has 4 aliphatic rings. The van der Waals surface area contributed by atoms with Gasteiger partial charge in [-0.2, -0.15) is 5.26 Å². The van der Waals surface area contributed by atoms with Gasteiger partial charge in [-0.15, -0.1) is 0 Å². The number of thiocyanates is 1. The first-order valence-corrected chi connectivity index (χ1v) is 10.1. The number of allylic oxidation sites excluding steroid dienone is 1. The molecule has 5 heteroatoms. The van der Waals surface area contributed by atoms with E-state index in [0.29, 0.717) is 25.7 Å². The third kappa shape index (κ3) is 1.99. The van der Waals surface area contributed by atoms with Crippen LogP contribution in [-0.4, -0.2) is 27.5 Å². The Labute approximate surface area is 153 Å². The van der Waals surface area contributed by atoms with Crippen molar-refractivity contribution in [3.05, 3.63) is 11.6 Å². The van der Waals surface area contributed by atoms with Crippen molar-refractivity contribution in [2.24, 2.45) is 22.7 Å². The highest BCUT2D eigenvalue weighted by molar-refractivity contribution is 8.05. The van der Waals surface area contributed by atoms with E-state index in [1.807, 2.05) is 6.92 Å². The maximum absolute atomic E-state index is 12.6. The molecule has 6 unspecified atom stereocenters. The number of fused-ring (bicyclic) bond motifs is 5. The average Bonchev–Trinajstić information content (AvgIpc) is 2.85. The zero-order valence-corrected chi connectivity index (χ0v) is 15.7. The van der Waals surface area contributed by atoms with E-state index >= 15 is 0 Å². The number of thioether (sulfide) groups is 1. The number of nitriles is 1. The molecule has 0 saturated heterocycles. The van der Waals surface area contributed by atoms with Gasteiger partial charge in [0.2, 0.25) is 0 Å². The molecule has 0 aromatic heterocycles. The Bertz CT molecular complexity index is 725. The third-order valence-electron chi connectivity index (χ3n) is 8.00. The first-order valence-electron chi connectivity index (χ1n) is 9.32. The predicted octanol–water partition coefficient (Wildman–Crippen LogP) is 3.40. The maximum atomic E-state index is 12.6. The first-order chi connectivity index (χ1) is 11.8. The quantitative estimate of drug-likeness (QED) is 0.726. The van der Waals surface area contributed by atoms with E-state index in [-0.39, 0.29) is 28.8 Å². The van der Waals surface area contributed by atoms with Crippen LogP contribution in [0.25, 0.3) is 0 Å². The molecule has 3 saturated carbocycles. The summed E-state index contributed by atoms with van der Waals surface area (Å²) in [7, 11) is 0. The molecule has 134 valence electrons. The van der Waals surface area contributed by atoms with Crippen molar-refractivity contribution >= 4 is 23.3 Å². The van der Waals surface area contributed by atoms with Gasteiger partial charge in [-0.3, -0.25) is 9.59 Å². The van der Waals surface area contributed by atoms with Gasteiger partial charge in [-0.25, -0.2) is 0 Å². The van der Waals surface area contributed by atoms with Gasteiger partial charge in [0.05, 0.1) is 10.9 Å². The highest BCUT2D eigenvalue weighted by atomic mass is 32.2. The Kier molecular flexibility index (Phi) is 3.76. The summed E-state index contributed by atoms with van der Waals surface area (Å²) < 4.78 is -0.610. The summed E-state index contributed by atoms with van der Waals surface area (Å²) in [6, 6.07) is 0. The average molecular weight is 359 g/mol. The van der Waals surface area contributed by atoms with E-state index in [0.717, 1.165) is 24.8 Å². The van der Waals surface area contributed by atoms with Crippen LogP contribution in [-0.2, 0) is 9.59 Å². The summed E-state index contributed by atoms with van der Waals surface area (Å²) in [4.78, 5) is 24.6. The Morgan fingerprint density at radius 1 is 1.20 bits per heavy atom. The van der Waals surface area contributed by atoms with Crippen molar-refractivity contribution in [1.82, 2.24) is 0 Å². The van der Waals surface area contributed by atoms with Crippen LogP contribution in [0.4, 0.5) is 0 Å². The molecule has 4 rings (SSSR count). The number of hydrogen-bond acceptors (Lipinski definition) is 5. The molecule has 0 radical (unpaired) electrons. The smallest absolute Gasteiger partial charge is 0.155 e. The molecule has 3 fully saturated rings. The second kappa shape index (κ2) is 5.44. The third-order valence-corrected chi connectivity index (χ3v) is 9.46. The number of Topliss-reactive ketones (excluding diaryl/α,β-unsaturated/α-hetero) is 1. The van der Waals surface area contributed by atoms with Crippen LogP contribution < -0.4 is 0 Å². The minimum atomic E-state index is -0.702. The van der Waals surface area contributed by atoms with Crippen molar-refractivity contribution in [3.8, 4) is 5.40 Å². The van der Waals surface area contributed by atoms with Crippen LogP contribution in [0, 0.1) is 33.3 Å². The van der Waals surface area contributed by atoms with Crippen molar-refractivity contribution in [1.29, 1.82) is 5.26 Å². The lowest BCUT2D eigenvalue weighted by Gasteiger charge is -2.64. The fourth-order valence-corrected chi connectivity index (χ4v) is 7.96. The molecule has 0 heterocycles. The van der Waals surface area contributed by atoms with Crippen LogP contribution in [0.5, 0.6) is 0 Å². The van der Waals surface area contributed by atoms with Crippen molar-refractivity contribution < 1.29 is 14.7 Å². The number of aliphatic hydroxyl groups is 1. The molecule has 0 aliphatic heterocycles. The fourth-order valence-electron chi connectivity index (χ4n) is 6.70. The highest BCUT2D eigenvalue weighted by Gasteiger charge is 2.70. The molecular formula is C20H25NO3S. The minimum Gasteiger partial charge on any atom is -0.392 e. The Hall–Kier alpha value is -1.12. The van der Waals surface area contributed by atoms with E-state index in [4.69, 9.17) is 0 Å². The van der Waals surface area contributed by atoms with Gasteiger partial charge in [-0.05, 0) is 61.8 Å². The lowest BCUT2D eigenvalue weighted by atomic mass is 9.46. The van der Waals surface area contributed by atoms with Gasteiger partial charge in [0.25, 0.3) is 0 Å². The summed E-state index contributed by atoms with van der Waals surface area (Å²) in [5, 5.41) is 23.3. The summed E-state index contributed by atoms with van der Waals surface area (Å²) in [6.45, 7) is 4.17. The monoisotopic (exact) mass is 359 g/mol. The van der Waals surface area contributed by atoms with Gasteiger partial charge < -0.3 is 5.11 Å². The lowest BCUT2D eigenvalue weighted by Crippen LogP contribution is -2.67. The molecule has 0 spiro atoms. The van der Waals surface area contributed by atoms with Gasteiger partial charge in [0, 0.05) is 23.7 Å². The Morgan fingerprint density at radius 2 is 1.92 bits per heavy atom. The first kappa shape index (κ1) is 17.3. The molecule has 6 atom stereocenters. The molecule has 0 aromatic rings. The molecule has 0 amide bonds. The van der Waals surface area contributed by atoms with Crippen molar-refractivity contribution in [2.75, 3.05) is 0 Å². The highest BCUT2D eigenvalue weighted by Crippen LogP contribution is 2.70. The van der Waals surface area contributed by atoms with Crippen LogP contribution >= 0.6 is 11.8 Å². The largest absolute Gasteiger partial charge is 0.392 e. The van der Waals surface area contributed by atoms with Gasteiger partial charge in [-0.1, -0.05) is 19.4 Å². The standard InChI is InChI=1S/C20H25NO3S/c1-18-10-17(24)20(25-11-21)15(14(18)5-6-16(18)23)4-3-12-9-13(22)7-8-19(12,20)2/h9,14-15,17,24H,3-8,10H2,1-2H3. The van der Waals surface area contributed by atoms with Gasteiger partial charge in [0.15, 0.2) is 5.78 Å². The number of aliphatic hydroxyl groups excluding tert-OH is 1. The second-order valence-electron chi connectivity index (χ2n) is 8.81. The summed E-state index contributed by atoms with van der Waals surface area (Å²) >= 11 is 1.22. The molecular weight excluding hydrogens is 334 g/mol. The maximum Gasteiger partial charge on any atom is 0.155 e. The number of rotatable bonds is 1. The summed E-state index contributed by atoms with van der Waals surface area (Å²) in [5.41, 5.74) is 0.303. The van der Waals surface area contributed by atoms with Crippen LogP contribution in [0.3, 0.4) is 0 Å². The SMILES string of the molecule is CC12CC(O)C3(SC#N)C(CCC4=CC(=O)CCC43C)C1CCC2=O. The Morgan fingerprint density at radius 3 is 2.64 bits per heavy atom. The number of ketones is 2. The second-order valence-corrected chi connectivity index (χ2v) is 9.87. The normalized spacial score (nSPS) is 48.9. The number of carbonyl (C=O) groups excluding carboxylic acids is 2. The van der Waals surface area contributed by atoms with E-state index in [2.05, 4.69) is 12.3 Å². The Balaban J connectivity index is 1.89. The zero-order valence-electron chi connectivity index (χ0n) is 14.9. The fraction of sp³-hybridized carbons (Fsp3) is 0.750. The number of carbonyl (C=O) groups is 2. The van der Waals surface area contributed by atoms with E-state index in [1.165, 1.54) is 11.8 Å². The number of nitrogens with zero attached hydrogens (tertiary/aromatic N) is 1. The zero-order chi connectivity index (χ0) is 18.0. The topological polar surface area (TPSA) is 78.2 Å². The molecule has 1 N–H and O–H groups in total. The molecule has 25 heavy (non-hydrogen) atoms. The molecule has 4 nitrogen and oxygen atoms in total. The van der Waals surface area contributed by atoms with Crippen LogP contribution in [0.1, 0.15) is 58.8 Å². The van der Waals surface area contributed by atoms with Gasteiger partial charge >= 0.3 is 0 Å². The molecule has 4 aliphatic carbocycles. The van der Waals surface area contributed by atoms with E-state index in [9.17, 15) is 20.0 Å². The molecule has 0 bridgehead atoms. The number of hydrogen-bond donors (Lipinski definition) is 1. The van der Waals surface area contributed by atoms with Crippen LogP contribution in [0.15, 0.2) is 11.6 Å². The van der Waals surface area contributed by atoms with E-state index < -0.39 is 16.3 Å². The summed E-state index contributed by atoms with van der Waals surface area (Å²) in [5.74, 6) is 0.819. The van der Waals surface area contributed by atoms with E-state index in [1.54, 1.807) is 6.08 Å². The predicted molar refractivity (Wildman–Crippen MR) is 95.6 cm³/mol. The lowest BCUT2D eigenvalue weighted by molar-refractivity contribution is -0.140.